The minimum atomic E-state index is 0.0703. The zero-order valence-corrected chi connectivity index (χ0v) is 15.8. The smallest absolute Gasteiger partial charge is 0.261 e. The van der Waals surface area contributed by atoms with Crippen LogP contribution in [0.3, 0.4) is 0 Å². The van der Waals surface area contributed by atoms with Crippen molar-refractivity contribution >= 4 is 43.2 Å². The molecule has 0 aromatic carbocycles. The Morgan fingerprint density at radius 1 is 1.29 bits per heavy atom. The van der Waals surface area contributed by atoms with Crippen LogP contribution in [0.4, 0.5) is 5.13 Å². The molecule has 0 aliphatic carbocycles. The molecule has 2 saturated heterocycles. The molecule has 7 heteroatoms. The first-order valence-corrected chi connectivity index (χ1v) is 10.5. The number of piperidine rings is 1. The highest BCUT2D eigenvalue weighted by Gasteiger charge is 2.34. The molecule has 130 valence electrons. The molecule has 2 unspecified atom stereocenters. The molecule has 24 heavy (non-hydrogen) atoms. The molecule has 0 saturated carbocycles. The fourth-order valence-corrected chi connectivity index (χ4v) is 6.14. The number of anilines is 1. The monoisotopic (exact) mass is 364 g/mol. The standard InChI is InChI=1S/C17H24N4OS2/c1-3-21(4-2)17-20-16-14(24-17)9-13(23-16)15(22)19-12-7-10-5-6-11(8-12)18-10/h9-12,18H,3-8H2,1-2H3,(H,19,22). The van der Waals surface area contributed by atoms with Crippen molar-refractivity contribution in [2.75, 3.05) is 18.0 Å². The molecule has 2 bridgehead atoms. The highest BCUT2D eigenvalue weighted by molar-refractivity contribution is 7.29. The molecule has 2 aliphatic rings. The van der Waals surface area contributed by atoms with Gasteiger partial charge in [-0.05, 0) is 45.6 Å². The topological polar surface area (TPSA) is 57.3 Å². The molecule has 4 heterocycles. The summed E-state index contributed by atoms with van der Waals surface area (Å²) >= 11 is 3.20. The van der Waals surface area contributed by atoms with Gasteiger partial charge in [-0.15, -0.1) is 11.3 Å². The van der Waals surface area contributed by atoms with E-state index in [9.17, 15) is 4.79 Å². The first-order valence-electron chi connectivity index (χ1n) is 8.88. The molecule has 2 atom stereocenters. The van der Waals surface area contributed by atoms with Gasteiger partial charge in [0.1, 0.15) is 4.83 Å². The predicted molar refractivity (Wildman–Crippen MR) is 101 cm³/mol. The number of nitrogens with zero attached hydrogens (tertiary/aromatic N) is 2. The lowest BCUT2D eigenvalue weighted by Gasteiger charge is -2.29. The van der Waals surface area contributed by atoms with Crippen molar-refractivity contribution in [3.63, 3.8) is 0 Å². The molecule has 2 aromatic heterocycles. The van der Waals surface area contributed by atoms with E-state index in [0.717, 1.165) is 45.5 Å². The van der Waals surface area contributed by atoms with Gasteiger partial charge in [-0.2, -0.15) is 0 Å². The third-order valence-electron chi connectivity index (χ3n) is 5.14. The van der Waals surface area contributed by atoms with Crippen LogP contribution in [0.5, 0.6) is 0 Å². The van der Waals surface area contributed by atoms with Crippen molar-refractivity contribution in [2.45, 2.75) is 57.7 Å². The molecule has 2 aromatic rings. The zero-order valence-electron chi connectivity index (χ0n) is 14.2. The van der Waals surface area contributed by atoms with Crippen molar-refractivity contribution in [1.29, 1.82) is 0 Å². The van der Waals surface area contributed by atoms with Gasteiger partial charge in [-0.1, -0.05) is 11.3 Å². The molecular weight excluding hydrogens is 340 g/mol. The molecule has 0 radical (unpaired) electrons. The van der Waals surface area contributed by atoms with Crippen molar-refractivity contribution in [3.05, 3.63) is 10.9 Å². The Labute approximate surface area is 150 Å². The van der Waals surface area contributed by atoms with Crippen LogP contribution in [0.1, 0.15) is 49.2 Å². The van der Waals surface area contributed by atoms with E-state index < -0.39 is 0 Å². The van der Waals surface area contributed by atoms with Crippen LogP contribution >= 0.6 is 22.7 Å². The normalized spacial score (nSPS) is 26.0. The van der Waals surface area contributed by atoms with Gasteiger partial charge in [-0.25, -0.2) is 4.98 Å². The summed E-state index contributed by atoms with van der Waals surface area (Å²) in [6.45, 7) is 6.21. The number of fused-ring (bicyclic) bond motifs is 3. The maximum atomic E-state index is 12.6. The summed E-state index contributed by atoms with van der Waals surface area (Å²) in [7, 11) is 0. The maximum Gasteiger partial charge on any atom is 0.261 e. The zero-order chi connectivity index (χ0) is 16.7. The van der Waals surface area contributed by atoms with Crippen LogP contribution in [-0.4, -0.2) is 42.1 Å². The molecule has 2 N–H and O–H groups in total. The van der Waals surface area contributed by atoms with E-state index in [1.807, 2.05) is 6.07 Å². The highest BCUT2D eigenvalue weighted by atomic mass is 32.1. The van der Waals surface area contributed by atoms with Gasteiger partial charge in [0.25, 0.3) is 5.91 Å². The summed E-state index contributed by atoms with van der Waals surface area (Å²) in [6, 6.07) is 3.52. The van der Waals surface area contributed by atoms with E-state index in [2.05, 4.69) is 29.4 Å². The quantitative estimate of drug-likeness (QED) is 0.855. The molecule has 5 nitrogen and oxygen atoms in total. The van der Waals surface area contributed by atoms with Crippen LogP contribution in [0.2, 0.25) is 0 Å². The minimum Gasteiger partial charge on any atom is -0.349 e. The third kappa shape index (κ3) is 3.05. The predicted octanol–water partition coefficient (Wildman–Crippen LogP) is 3.22. The summed E-state index contributed by atoms with van der Waals surface area (Å²) in [5.41, 5.74) is 0. The Hall–Kier alpha value is -1.18. The van der Waals surface area contributed by atoms with E-state index >= 15 is 0 Å². The van der Waals surface area contributed by atoms with Crippen LogP contribution in [0.25, 0.3) is 9.53 Å². The lowest BCUT2D eigenvalue weighted by atomic mass is 10.00. The summed E-state index contributed by atoms with van der Waals surface area (Å²) in [5.74, 6) is 0.0703. The second-order valence-electron chi connectivity index (χ2n) is 6.73. The number of hydrogen-bond donors (Lipinski definition) is 2. The van der Waals surface area contributed by atoms with Gasteiger partial charge in [0.2, 0.25) is 0 Å². The maximum absolute atomic E-state index is 12.6. The number of rotatable bonds is 5. The van der Waals surface area contributed by atoms with E-state index in [1.165, 1.54) is 24.2 Å². The third-order valence-corrected chi connectivity index (χ3v) is 7.36. The molecule has 0 spiro atoms. The van der Waals surface area contributed by atoms with Crippen LogP contribution in [0, 0.1) is 0 Å². The highest BCUT2D eigenvalue weighted by Crippen LogP contribution is 2.35. The molecule has 2 fully saturated rings. The van der Waals surface area contributed by atoms with Crippen molar-refractivity contribution in [2.24, 2.45) is 0 Å². The Morgan fingerprint density at radius 3 is 2.62 bits per heavy atom. The number of carbonyl (C=O) groups excluding carboxylic acids is 1. The average Bonchev–Trinajstić information content (AvgIpc) is 3.22. The molecule has 1 amide bonds. The lowest BCUT2D eigenvalue weighted by Crippen LogP contribution is -2.47. The number of nitrogens with one attached hydrogen (secondary N) is 2. The van der Waals surface area contributed by atoms with Gasteiger partial charge in [0.15, 0.2) is 5.13 Å². The largest absolute Gasteiger partial charge is 0.349 e. The SMILES string of the molecule is CCN(CC)c1nc2sc(C(=O)NC3CC4CCC(C3)N4)cc2s1. The molecule has 2 aliphatic heterocycles. The number of thiazole rings is 1. The Kier molecular flexibility index (Phi) is 4.49. The first-order chi connectivity index (χ1) is 11.7. The number of thiophene rings is 1. The second kappa shape index (κ2) is 6.61. The fourth-order valence-electron chi connectivity index (χ4n) is 3.90. The van der Waals surface area contributed by atoms with E-state index in [-0.39, 0.29) is 5.91 Å². The van der Waals surface area contributed by atoms with Gasteiger partial charge in [0.05, 0.1) is 9.58 Å². The Morgan fingerprint density at radius 2 is 2.00 bits per heavy atom. The van der Waals surface area contributed by atoms with Crippen molar-refractivity contribution in [1.82, 2.24) is 15.6 Å². The van der Waals surface area contributed by atoms with Crippen LogP contribution < -0.4 is 15.5 Å². The van der Waals surface area contributed by atoms with Gasteiger partial charge < -0.3 is 15.5 Å². The Balaban J connectivity index is 1.45. The minimum absolute atomic E-state index is 0.0703. The number of carbonyl (C=O) groups is 1. The van der Waals surface area contributed by atoms with Crippen LogP contribution in [0.15, 0.2) is 6.07 Å². The molecule has 4 rings (SSSR count). The summed E-state index contributed by atoms with van der Waals surface area (Å²) in [6.07, 6.45) is 4.63. The number of amides is 1. The summed E-state index contributed by atoms with van der Waals surface area (Å²) in [5, 5.41) is 7.92. The van der Waals surface area contributed by atoms with Gasteiger partial charge >= 0.3 is 0 Å². The average molecular weight is 365 g/mol. The van der Waals surface area contributed by atoms with Crippen molar-refractivity contribution in [3.8, 4) is 0 Å². The first kappa shape index (κ1) is 16.3. The van der Waals surface area contributed by atoms with Gasteiger partial charge in [0, 0.05) is 31.2 Å². The molecular formula is C17H24N4OS2. The lowest BCUT2D eigenvalue weighted by molar-refractivity contribution is 0.0928. The van der Waals surface area contributed by atoms with E-state index in [4.69, 9.17) is 4.98 Å². The van der Waals surface area contributed by atoms with Crippen molar-refractivity contribution < 1.29 is 4.79 Å². The van der Waals surface area contributed by atoms with Crippen LogP contribution in [-0.2, 0) is 0 Å². The number of hydrogen-bond acceptors (Lipinski definition) is 6. The van der Waals surface area contributed by atoms with Gasteiger partial charge in [-0.3, -0.25) is 4.79 Å². The summed E-state index contributed by atoms with van der Waals surface area (Å²) in [4.78, 5) is 21.3. The Bertz CT molecular complexity index is 693. The summed E-state index contributed by atoms with van der Waals surface area (Å²) < 4.78 is 1.12. The number of aromatic nitrogens is 1. The second-order valence-corrected chi connectivity index (χ2v) is 8.77. The van der Waals surface area contributed by atoms with E-state index in [0.29, 0.717) is 18.1 Å². The van der Waals surface area contributed by atoms with E-state index in [1.54, 1.807) is 11.3 Å². The fraction of sp³-hybridized carbons (Fsp3) is 0.647.